The van der Waals surface area contributed by atoms with Gasteiger partial charge in [-0.05, 0) is 35.9 Å². The first kappa shape index (κ1) is 20.5. The van der Waals surface area contributed by atoms with Crippen LogP contribution in [0.1, 0.15) is 11.1 Å². The summed E-state index contributed by atoms with van der Waals surface area (Å²) in [6.07, 6.45) is 5.91. The van der Waals surface area contributed by atoms with E-state index in [9.17, 15) is 18.1 Å². The highest BCUT2D eigenvalue weighted by Gasteiger charge is 2.39. The standard InChI is InChI=1S/C22H19FN2O3S/c1-3-12-28-22(18-6-8-19(23)9-7-18)21(13-16(14-24)15-25-22)17-4-10-20(11-5-17)29(2,26)27/h3-11,13,15,25H,1,12H2,2H3. The second-order valence-electron chi connectivity index (χ2n) is 6.50. The number of ether oxygens (including phenoxy) is 1. The third-order valence-electron chi connectivity index (χ3n) is 4.50. The van der Waals surface area contributed by atoms with E-state index < -0.39 is 15.6 Å². The molecule has 1 unspecified atom stereocenters. The van der Waals surface area contributed by atoms with Crippen molar-refractivity contribution in [2.45, 2.75) is 10.6 Å². The van der Waals surface area contributed by atoms with Crippen LogP contribution < -0.4 is 5.32 Å². The van der Waals surface area contributed by atoms with Crippen molar-refractivity contribution in [3.8, 4) is 6.07 Å². The topological polar surface area (TPSA) is 79.2 Å². The first-order valence-electron chi connectivity index (χ1n) is 8.72. The van der Waals surface area contributed by atoms with E-state index in [1.54, 1.807) is 36.4 Å². The number of nitrogens with zero attached hydrogens (tertiary/aromatic N) is 1. The molecule has 0 saturated carbocycles. The Morgan fingerprint density at radius 2 is 1.86 bits per heavy atom. The molecule has 7 heteroatoms. The lowest BCUT2D eigenvalue weighted by Crippen LogP contribution is -2.45. The number of halogens is 1. The summed E-state index contributed by atoms with van der Waals surface area (Å²) in [5.41, 5.74) is 1.01. The molecule has 0 amide bonds. The normalized spacial score (nSPS) is 18.8. The third-order valence-corrected chi connectivity index (χ3v) is 5.63. The quantitative estimate of drug-likeness (QED) is 0.735. The Morgan fingerprint density at radius 1 is 1.21 bits per heavy atom. The van der Waals surface area contributed by atoms with Gasteiger partial charge in [0.15, 0.2) is 15.6 Å². The second kappa shape index (κ2) is 8.03. The van der Waals surface area contributed by atoms with E-state index >= 15 is 0 Å². The molecule has 1 aliphatic rings. The largest absolute Gasteiger partial charge is 0.355 e. The summed E-state index contributed by atoms with van der Waals surface area (Å²) in [6, 6.07) is 14.2. The van der Waals surface area contributed by atoms with Gasteiger partial charge in [-0.3, -0.25) is 0 Å². The molecule has 1 heterocycles. The summed E-state index contributed by atoms with van der Waals surface area (Å²) >= 11 is 0. The predicted octanol–water partition coefficient (Wildman–Crippen LogP) is 3.68. The van der Waals surface area contributed by atoms with Crippen LogP contribution in [0.5, 0.6) is 0 Å². The molecule has 3 rings (SSSR count). The molecule has 5 nitrogen and oxygen atoms in total. The van der Waals surface area contributed by atoms with Crippen LogP contribution >= 0.6 is 0 Å². The van der Waals surface area contributed by atoms with Gasteiger partial charge < -0.3 is 10.1 Å². The van der Waals surface area contributed by atoms with Crippen LogP contribution in [0.15, 0.2) is 83.9 Å². The number of rotatable bonds is 6. The van der Waals surface area contributed by atoms with Crippen LogP contribution in [0.25, 0.3) is 5.57 Å². The molecule has 1 N–H and O–H groups in total. The smallest absolute Gasteiger partial charge is 0.192 e. The molecule has 0 fully saturated rings. The van der Waals surface area contributed by atoms with Crippen LogP contribution in [0.4, 0.5) is 4.39 Å². The number of sulfone groups is 1. The molecule has 29 heavy (non-hydrogen) atoms. The van der Waals surface area contributed by atoms with Gasteiger partial charge in [0.25, 0.3) is 0 Å². The number of allylic oxidation sites excluding steroid dienone is 2. The van der Waals surface area contributed by atoms with Gasteiger partial charge in [0, 0.05) is 23.6 Å². The van der Waals surface area contributed by atoms with E-state index in [4.69, 9.17) is 4.74 Å². The minimum absolute atomic E-state index is 0.179. The maximum absolute atomic E-state index is 13.5. The van der Waals surface area contributed by atoms with Crippen molar-refractivity contribution >= 4 is 15.4 Å². The highest BCUT2D eigenvalue weighted by Crippen LogP contribution is 2.41. The Balaban J connectivity index is 2.19. The molecule has 0 radical (unpaired) electrons. The average molecular weight is 410 g/mol. The fourth-order valence-electron chi connectivity index (χ4n) is 3.10. The first-order valence-corrected chi connectivity index (χ1v) is 10.6. The molecule has 1 atom stereocenters. The first-order chi connectivity index (χ1) is 13.8. The molecule has 0 aromatic heterocycles. The Hall–Kier alpha value is -3.21. The number of hydrogen-bond donors (Lipinski definition) is 1. The lowest BCUT2D eigenvalue weighted by molar-refractivity contribution is -0.00465. The van der Waals surface area contributed by atoms with Crippen molar-refractivity contribution in [1.82, 2.24) is 5.32 Å². The zero-order valence-corrected chi connectivity index (χ0v) is 16.5. The zero-order valence-electron chi connectivity index (χ0n) is 15.7. The van der Waals surface area contributed by atoms with Crippen molar-refractivity contribution < 1.29 is 17.5 Å². The Morgan fingerprint density at radius 3 is 2.41 bits per heavy atom. The van der Waals surface area contributed by atoms with E-state index in [0.717, 1.165) is 6.26 Å². The van der Waals surface area contributed by atoms with Gasteiger partial charge in [-0.1, -0.05) is 30.3 Å². The fraction of sp³-hybridized carbons (Fsp3) is 0.136. The van der Waals surface area contributed by atoms with Crippen LogP contribution in [-0.2, 0) is 20.3 Å². The SMILES string of the molecule is C=CCOC1(c2ccc(F)cc2)NC=C(C#N)C=C1c1ccc(S(C)(=O)=O)cc1. The molecular weight excluding hydrogens is 391 g/mol. The van der Waals surface area contributed by atoms with Gasteiger partial charge in [0.1, 0.15) is 11.9 Å². The van der Waals surface area contributed by atoms with Crippen LogP contribution in [0.2, 0.25) is 0 Å². The van der Waals surface area contributed by atoms with Crippen molar-refractivity contribution in [1.29, 1.82) is 5.26 Å². The van der Waals surface area contributed by atoms with Crippen molar-refractivity contribution in [2.75, 3.05) is 12.9 Å². The Bertz CT molecular complexity index is 1130. The van der Waals surface area contributed by atoms with Crippen molar-refractivity contribution in [2.24, 2.45) is 0 Å². The summed E-state index contributed by atoms with van der Waals surface area (Å²) in [6.45, 7) is 3.86. The number of dihydropyridines is 1. The molecular formula is C22H19FN2O3S. The summed E-state index contributed by atoms with van der Waals surface area (Å²) in [5, 5.41) is 12.5. The molecule has 0 bridgehead atoms. The minimum atomic E-state index is -3.35. The van der Waals surface area contributed by atoms with Crippen molar-refractivity contribution in [3.05, 3.63) is 96.0 Å². The summed E-state index contributed by atoms with van der Waals surface area (Å²) < 4.78 is 43.2. The summed E-state index contributed by atoms with van der Waals surface area (Å²) in [7, 11) is -3.35. The average Bonchev–Trinajstić information content (AvgIpc) is 2.72. The molecule has 2 aromatic rings. The highest BCUT2D eigenvalue weighted by atomic mass is 32.2. The molecule has 2 aromatic carbocycles. The zero-order chi connectivity index (χ0) is 21.1. The Labute approximate surface area is 169 Å². The maximum atomic E-state index is 13.5. The van der Waals surface area contributed by atoms with Gasteiger partial charge in [-0.2, -0.15) is 5.26 Å². The van der Waals surface area contributed by atoms with Crippen LogP contribution in [0.3, 0.4) is 0 Å². The lowest BCUT2D eigenvalue weighted by Gasteiger charge is -2.39. The second-order valence-corrected chi connectivity index (χ2v) is 8.51. The summed E-state index contributed by atoms with van der Waals surface area (Å²) in [5.74, 6) is -0.389. The predicted molar refractivity (Wildman–Crippen MR) is 109 cm³/mol. The molecule has 0 saturated heterocycles. The number of nitriles is 1. The monoisotopic (exact) mass is 410 g/mol. The molecule has 148 valence electrons. The van der Waals surface area contributed by atoms with E-state index in [1.807, 2.05) is 0 Å². The number of benzene rings is 2. The van der Waals surface area contributed by atoms with Gasteiger partial charge in [0.2, 0.25) is 0 Å². The van der Waals surface area contributed by atoms with Crippen LogP contribution in [-0.4, -0.2) is 21.3 Å². The summed E-state index contributed by atoms with van der Waals surface area (Å²) in [4.78, 5) is 0.182. The van der Waals surface area contributed by atoms with Gasteiger partial charge in [-0.25, -0.2) is 12.8 Å². The third kappa shape index (κ3) is 4.14. The number of hydrogen-bond acceptors (Lipinski definition) is 5. The van der Waals surface area contributed by atoms with E-state index in [2.05, 4.69) is 18.0 Å². The van der Waals surface area contributed by atoms with Gasteiger partial charge in [-0.15, -0.1) is 6.58 Å². The van der Waals surface area contributed by atoms with E-state index in [0.29, 0.717) is 22.3 Å². The Kier molecular flexibility index (Phi) is 5.69. The number of nitrogens with one attached hydrogen (secondary N) is 1. The fourth-order valence-corrected chi connectivity index (χ4v) is 3.73. The van der Waals surface area contributed by atoms with E-state index in [-0.39, 0.29) is 17.3 Å². The highest BCUT2D eigenvalue weighted by molar-refractivity contribution is 7.90. The maximum Gasteiger partial charge on any atom is 0.192 e. The molecule has 0 aliphatic carbocycles. The van der Waals surface area contributed by atoms with Crippen molar-refractivity contribution in [3.63, 3.8) is 0 Å². The lowest BCUT2D eigenvalue weighted by atomic mass is 9.85. The van der Waals surface area contributed by atoms with Crippen LogP contribution in [0, 0.1) is 17.1 Å². The minimum Gasteiger partial charge on any atom is -0.355 e. The molecule has 1 aliphatic heterocycles. The van der Waals surface area contributed by atoms with E-state index in [1.165, 1.54) is 30.5 Å². The molecule has 0 spiro atoms. The van der Waals surface area contributed by atoms with Gasteiger partial charge in [0.05, 0.1) is 17.1 Å². The van der Waals surface area contributed by atoms with Gasteiger partial charge >= 0.3 is 0 Å².